The van der Waals surface area contributed by atoms with Gasteiger partial charge in [-0.25, -0.2) is 4.79 Å². The topological polar surface area (TPSA) is 81.1 Å². The maximum absolute atomic E-state index is 12.3. The first-order valence-electron chi connectivity index (χ1n) is 6.71. The minimum absolute atomic E-state index is 0.0438. The van der Waals surface area contributed by atoms with Crippen LogP contribution in [0.15, 0.2) is 0 Å². The Morgan fingerprint density at radius 3 is 2.53 bits per heavy atom. The number of hydrogen-bond donors (Lipinski definition) is 2. The fraction of sp³-hybridized carbons (Fsp3) is 0.846. The summed E-state index contributed by atoms with van der Waals surface area (Å²) in [5.41, 5.74) is -0.925. The average Bonchev–Trinajstić information content (AvgIpc) is 2.71. The number of aliphatic carboxylic acids is 1. The number of rotatable bonds is 5. The normalized spacial score (nSPS) is 19.6. The lowest BCUT2D eigenvalue weighted by Crippen LogP contribution is -2.47. The third-order valence-electron chi connectivity index (χ3n) is 3.25. The molecule has 1 unspecified atom stereocenters. The van der Waals surface area contributed by atoms with Crippen molar-refractivity contribution in [2.75, 3.05) is 26.2 Å². The van der Waals surface area contributed by atoms with Crippen LogP contribution in [0.4, 0.5) is 4.79 Å². The molecule has 110 valence electrons. The Morgan fingerprint density at radius 2 is 2.05 bits per heavy atom. The number of carboxylic acids is 1. The van der Waals surface area contributed by atoms with Crippen molar-refractivity contribution in [1.29, 1.82) is 0 Å². The molecule has 1 aliphatic heterocycles. The molecule has 0 radical (unpaired) electrons. The van der Waals surface area contributed by atoms with E-state index < -0.39 is 11.6 Å². The van der Waals surface area contributed by atoms with E-state index in [1.807, 2.05) is 6.92 Å². The van der Waals surface area contributed by atoms with E-state index in [1.165, 1.54) is 0 Å². The van der Waals surface area contributed by atoms with E-state index in [2.05, 4.69) is 0 Å². The third kappa shape index (κ3) is 5.06. The summed E-state index contributed by atoms with van der Waals surface area (Å²) >= 11 is 0. The molecular weight excluding hydrogens is 248 g/mol. The first-order chi connectivity index (χ1) is 8.73. The Balaban J connectivity index is 2.55. The summed E-state index contributed by atoms with van der Waals surface area (Å²) in [4.78, 5) is 26.2. The van der Waals surface area contributed by atoms with Gasteiger partial charge in [-0.15, -0.1) is 0 Å². The van der Waals surface area contributed by atoms with Crippen LogP contribution < -0.4 is 0 Å². The molecule has 1 saturated heterocycles. The minimum atomic E-state index is -0.925. The van der Waals surface area contributed by atoms with E-state index in [9.17, 15) is 14.7 Å². The zero-order valence-corrected chi connectivity index (χ0v) is 11.9. The number of likely N-dealkylation sites (N-methyl/N-ethyl adjacent to an activating group) is 1. The molecule has 0 aliphatic carbocycles. The predicted molar refractivity (Wildman–Crippen MR) is 70.9 cm³/mol. The van der Waals surface area contributed by atoms with Gasteiger partial charge in [-0.1, -0.05) is 0 Å². The van der Waals surface area contributed by atoms with Gasteiger partial charge in [0.2, 0.25) is 0 Å². The van der Waals surface area contributed by atoms with Crippen LogP contribution in [-0.2, 0) is 4.79 Å². The van der Waals surface area contributed by atoms with E-state index in [0.717, 1.165) is 6.42 Å². The van der Waals surface area contributed by atoms with Crippen LogP contribution in [0.3, 0.4) is 0 Å². The van der Waals surface area contributed by atoms with Crippen molar-refractivity contribution < 1.29 is 19.8 Å². The van der Waals surface area contributed by atoms with Crippen molar-refractivity contribution in [2.45, 2.75) is 39.2 Å². The molecule has 1 rings (SSSR count). The van der Waals surface area contributed by atoms with E-state index in [0.29, 0.717) is 19.6 Å². The summed E-state index contributed by atoms with van der Waals surface area (Å²) in [5, 5.41) is 18.6. The Labute approximate surface area is 114 Å². The second kappa shape index (κ2) is 6.23. The Hall–Kier alpha value is -1.30. The molecule has 2 amide bonds. The van der Waals surface area contributed by atoms with Gasteiger partial charge in [-0.3, -0.25) is 4.79 Å². The van der Waals surface area contributed by atoms with Crippen molar-refractivity contribution in [2.24, 2.45) is 5.92 Å². The van der Waals surface area contributed by atoms with Gasteiger partial charge < -0.3 is 20.0 Å². The summed E-state index contributed by atoms with van der Waals surface area (Å²) in [5.74, 6) is -0.773. The number of urea groups is 1. The highest BCUT2D eigenvalue weighted by Gasteiger charge is 2.31. The maximum atomic E-state index is 12.3. The zero-order chi connectivity index (χ0) is 14.6. The highest BCUT2D eigenvalue weighted by atomic mass is 16.4. The number of carbonyl (C=O) groups excluding carboxylic acids is 1. The first-order valence-corrected chi connectivity index (χ1v) is 6.71. The lowest BCUT2D eigenvalue weighted by atomic mass is 10.1. The molecule has 1 fully saturated rings. The van der Waals surface area contributed by atoms with E-state index >= 15 is 0 Å². The molecule has 1 heterocycles. The molecule has 0 saturated carbocycles. The minimum Gasteiger partial charge on any atom is -0.481 e. The molecule has 6 heteroatoms. The van der Waals surface area contributed by atoms with E-state index in [1.54, 1.807) is 23.6 Å². The van der Waals surface area contributed by atoms with Gasteiger partial charge in [0.1, 0.15) is 0 Å². The largest absolute Gasteiger partial charge is 0.481 e. The van der Waals surface area contributed by atoms with Crippen molar-refractivity contribution in [1.82, 2.24) is 9.80 Å². The van der Waals surface area contributed by atoms with Crippen LogP contribution in [-0.4, -0.2) is 63.8 Å². The Bertz CT molecular complexity index is 338. The molecule has 6 nitrogen and oxygen atoms in total. The van der Waals surface area contributed by atoms with Crippen molar-refractivity contribution in [3.05, 3.63) is 0 Å². The van der Waals surface area contributed by atoms with Crippen LogP contribution in [0.1, 0.15) is 33.6 Å². The fourth-order valence-corrected chi connectivity index (χ4v) is 2.40. The first kappa shape index (κ1) is 15.8. The number of aliphatic hydroxyl groups is 1. The van der Waals surface area contributed by atoms with Gasteiger partial charge in [-0.05, 0) is 33.1 Å². The van der Waals surface area contributed by atoms with Gasteiger partial charge in [0.25, 0.3) is 0 Å². The summed E-state index contributed by atoms with van der Waals surface area (Å²) < 4.78 is 0. The van der Waals surface area contributed by atoms with Gasteiger partial charge in [-0.2, -0.15) is 0 Å². The molecule has 1 atom stereocenters. The smallest absolute Gasteiger partial charge is 0.320 e. The number of amides is 2. The third-order valence-corrected chi connectivity index (χ3v) is 3.25. The van der Waals surface area contributed by atoms with Crippen LogP contribution in [0.25, 0.3) is 0 Å². The number of likely N-dealkylation sites (tertiary alicyclic amines) is 1. The molecule has 0 aromatic heterocycles. The van der Waals surface area contributed by atoms with Crippen LogP contribution in [0, 0.1) is 5.92 Å². The van der Waals surface area contributed by atoms with E-state index in [-0.39, 0.29) is 24.9 Å². The maximum Gasteiger partial charge on any atom is 0.320 e. The quantitative estimate of drug-likeness (QED) is 0.782. The molecule has 0 aromatic rings. The van der Waals surface area contributed by atoms with Gasteiger partial charge >= 0.3 is 12.0 Å². The van der Waals surface area contributed by atoms with Crippen molar-refractivity contribution in [3.8, 4) is 0 Å². The molecule has 1 aliphatic rings. The average molecular weight is 272 g/mol. The molecule has 0 bridgehead atoms. The van der Waals surface area contributed by atoms with Gasteiger partial charge in [0, 0.05) is 26.1 Å². The van der Waals surface area contributed by atoms with Crippen molar-refractivity contribution >= 4 is 12.0 Å². The Kier molecular flexibility index (Phi) is 5.17. The SMILES string of the molecule is CCN(CC(C)(C)O)C(=O)N1CCC(CC(=O)O)C1. The number of carbonyl (C=O) groups is 2. The molecule has 0 spiro atoms. The summed E-state index contributed by atoms with van der Waals surface area (Å²) in [7, 11) is 0. The van der Waals surface area contributed by atoms with E-state index in [4.69, 9.17) is 5.11 Å². The summed E-state index contributed by atoms with van der Waals surface area (Å²) in [6.45, 7) is 7.10. The monoisotopic (exact) mass is 272 g/mol. The number of nitrogens with zero attached hydrogens (tertiary/aromatic N) is 2. The molecule has 0 aromatic carbocycles. The summed E-state index contributed by atoms with van der Waals surface area (Å²) in [6.07, 6.45) is 0.847. The highest BCUT2D eigenvalue weighted by Crippen LogP contribution is 2.21. The van der Waals surface area contributed by atoms with Crippen molar-refractivity contribution in [3.63, 3.8) is 0 Å². The second-order valence-corrected chi connectivity index (χ2v) is 5.81. The predicted octanol–water partition coefficient (Wildman–Crippen LogP) is 0.996. The number of carboxylic acid groups (broad SMARTS) is 1. The van der Waals surface area contributed by atoms with Crippen LogP contribution in [0.5, 0.6) is 0 Å². The summed E-state index contributed by atoms with van der Waals surface area (Å²) in [6, 6.07) is -0.113. The molecular formula is C13H24N2O4. The lowest BCUT2D eigenvalue weighted by Gasteiger charge is -2.31. The van der Waals surface area contributed by atoms with Gasteiger partial charge in [0.15, 0.2) is 0 Å². The highest BCUT2D eigenvalue weighted by molar-refractivity contribution is 5.75. The van der Waals surface area contributed by atoms with Crippen LogP contribution in [0.2, 0.25) is 0 Å². The fourth-order valence-electron chi connectivity index (χ4n) is 2.40. The lowest BCUT2D eigenvalue weighted by molar-refractivity contribution is -0.138. The van der Waals surface area contributed by atoms with Crippen LogP contribution >= 0.6 is 0 Å². The molecule has 19 heavy (non-hydrogen) atoms. The Morgan fingerprint density at radius 1 is 1.42 bits per heavy atom. The zero-order valence-electron chi connectivity index (χ0n) is 11.9. The standard InChI is InChI=1S/C13H24N2O4/c1-4-14(9-13(2,3)19)12(18)15-6-5-10(8-15)7-11(16)17/h10,19H,4-9H2,1-3H3,(H,16,17). The molecule has 2 N–H and O–H groups in total. The number of hydrogen-bond acceptors (Lipinski definition) is 3. The second-order valence-electron chi connectivity index (χ2n) is 5.81. The van der Waals surface area contributed by atoms with Gasteiger partial charge in [0.05, 0.1) is 12.1 Å².